The molecule has 0 amide bonds. The summed E-state index contributed by atoms with van der Waals surface area (Å²) < 4.78 is 38.4. The number of hydrogen-bond acceptors (Lipinski definition) is 4. The quantitative estimate of drug-likeness (QED) is 0.873. The number of hydrogen-bond donors (Lipinski definition) is 1. The second kappa shape index (κ2) is 4.44. The van der Waals surface area contributed by atoms with E-state index in [1.54, 1.807) is 6.07 Å². The van der Waals surface area contributed by atoms with Gasteiger partial charge in [0.25, 0.3) is 0 Å². The number of nitrogens with two attached hydrogens (primary N) is 1. The molecule has 0 unspecified atom stereocenters. The van der Waals surface area contributed by atoms with Gasteiger partial charge in [-0.05, 0) is 6.07 Å². The van der Waals surface area contributed by atoms with E-state index >= 15 is 0 Å². The van der Waals surface area contributed by atoms with Crippen LogP contribution in [-0.4, -0.2) is 14.8 Å². The molecule has 9 heteroatoms. The van der Waals surface area contributed by atoms with Gasteiger partial charge in [0.1, 0.15) is 11.9 Å². The summed E-state index contributed by atoms with van der Waals surface area (Å²) in [5.74, 6) is -0.0284. The molecule has 5 nitrogen and oxygen atoms in total. The Hall–Kier alpha value is -2.27. The molecule has 0 saturated carbocycles. The van der Waals surface area contributed by atoms with Gasteiger partial charge < -0.3 is 5.73 Å². The van der Waals surface area contributed by atoms with Crippen LogP contribution in [0.15, 0.2) is 18.3 Å². The number of rotatable bonds is 1. The number of aromatic nitrogens is 3. The van der Waals surface area contributed by atoms with Crippen LogP contribution in [0.3, 0.4) is 0 Å². The topological polar surface area (TPSA) is 80.5 Å². The van der Waals surface area contributed by atoms with Crippen LogP contribution in [0.25, 0.3) is 5.82 Å². The minimum absolute atomic E-state index is 0.00950. The number of nitriles is 1. The molecule has 0 aromatic carbocycles. The van der Waals surface area contributed by atoms with Gasteiger partial charge in [-0.2, -0.15) is 28.2 Å². The second-order valence-electron chi connectivity index (χ2n) is 3.51. The molecule has 0 aliphatic heterocycles. The molecule has 2 aromatic rings. The van der Waals surface area contributed by atoms with Crippen LogP contribution < -0.4 is 5.73 Å². The number of nitrogen functional groups attached to an aromatic ring is 1. The highest BCUT2D eigenvalue weighted by Crippen LogP contribution is 2.32. The maximum absolute atomic E-state index is 12.5. The third-order valence-corrected chi connectivity index (χ3v) is 2.48. The lowest BCUT2D eigenvalue weighted by atomic mass is 10.3. The Morgan fingerprint density at radius 2 is 2.05 bits per heavy atom. The molecule has 0 atom stereocenters. The summed E-state index contributed by atoms with van der Waals surface area (Å²) >= 11 is 5.73. The van der Waals surface area contributed by atoms with Crippen LogP contribution in [0.1, 0.15) is 11.3 Å². The van der Waals surface area contributed by atoms with Crippen LogP contribution >= 0.6 is 11.6 Å². The molecule has 2 aromatic heterocycles. The second-order valence-corrected chi connectivity index (χ2v) is 3.91. The van der Waals surface area contributed by atoms with Crippen LogP contribution in [-0.2, 0) is 6.18 Å². The average Bonchev–Trinajstić information content (AvgIpc) is 2.69. The Morgan fingerprint density at radius 3 is 2.53 bits per heavy atom. The van der Waals surface area contributed by atoms with Crippen molar-refractivity contribution in [3.05, 3.63) is 34.6 Å². The monoisotopic (exact) mass is 287 g/mol. The lowest BCUT2D eigenvalue weighted by Gasteiger charge is -2.09. The first-order valence-corrected chi connectivity index (χ1v) is 5.19. The largest absolute Gasteiger partial charge is 0.417 e. The third kappa shape index (κ3) is 2.46. The molecular formula is C10H5ClF3N5. The van der Waals surface area contributed by atoms with Gasteiger partial charge in [0, 0.05) is 12.3 Å². The lowest BCUT2D eigenvalue weighted by molar-refractivity contribution is -0.137. The van der Waals surface area contributed by atoms with Crippen molar-refractivity contribution < 1.29 is 13.2 Å². The van der Waals surface area contributed by atoms with E-state index in [1.165, 1.54) is 6.07 Å². The van der Waals surface area contributed by atoms with Crippen molar-refractivity contribution >= 4 is 17.4 Å². The highest BCUT2D eigenvalue weighted by atomic mass is 35.5. The van der Waals surface area contributed by atoms with Gasteiger partial charge in [-0.15, -0.1) is 0 Å². The van der Waals surface area contributed by atoms with Gasteiger partial charge >= 0.3 is 6.18 Å². The maximum atomic E-state index is 12.5. The standard InChI is InChI=1S/C10H5ClF3N5/c11-7-1-5(10(12,13)14)4-17-9(7)19-8(16)2-6(3-15)18-19/h1-2,4H,16H2. The van der Waals surface area contributed by atoms with Crippen LogP contribution in [0.4, 0.5) is 19.0 Å². The van der Waals surface area contributed by atoms with Gasteiger partial charge in [0.2, 0.25) is 0 Å². The summed E-state index contributed by atoms with van der Waals surface area (Å²) in [4.78, 5) is 3.58. The maximum Gasteiger partial charge on any atom is 0.417 e. The molecule has 0 saturated heterocycles. The third-order valence-electron chi connectivity index (χ3n) is 2.20. The van der Waals surface area contributed by atoms with Gasteiger partial charge in [-0.1, -0.05) is 11.6 Å². The molecule has 0 spiro atoms. The zero-order valence-corrected chi connectivity index (χ0v) is 9.87. The molecule has 0 fully saturated rings. The Morgan fingerprint density at radius 1 is 1.37 bits per heavy atom. The number of nitrogens with zero attached hydrogens (tertiary/aromatic N) is 4. The minimum atomic E-state index is -4.54. The first-order chi connectivity index (χ1) is 8.82. The smallest absolute Gasteiger partial charge is 0.383 e. The zero-order valence-electron chi connectivity index (χ0n) is 9.11. The molecule has 0 aliphatic carbocycles. The molecule has 0 bridgehead atoms. The summed E-state index contributed by atoms with van der Waals surface area (Å²) in [6, 6.07) is 3.73. The fraction of sp³-hybridized carbons (Fsp3) is 0.100. The Labute approximate surface area is 110 Å². The van der Waals surface area contributed by atoms with Crippen molar-refractivity contribution in [3.63, 3.8) is 0 Å². The van der Waals surface area contributed by atoms with Gasteiger partial charge in [-0.25, -0.2) is 4.98 Å². The lowest BCUT2D eigenvalue weighted by Crippen LogP contribution is -2.09. The Kier molecular flexibility index (Phi) is 3.08. The molecule has 2 heterocycles. The zero-order chi connectivity index (χ0) is 14.2. The first-order valence-electron chi connectivity index (χ1n) is 4.81. The number of alkyl halides is 3. The van der Waals surface area contributed by atoms with Crippen LogP contribution in [0.2, 0.25) is 5.02 Å². The van der Waals surface area contributed by atoms with Gasteiger partial charge in [0.15, 0.2) is 11.5 Å². The predicted molar refractivity (Wildman–Crippen MR) is 60.5 cm³/mol. The number of pyridine rings is 1. The summed E-state index contributed by atoms with van der Waals surface area (Å²) in [5.41, 5.74) is 4.60. The minimum Gasteiger partial charge on any atom is -0.383 e. The molecular weight excluding hydrogens is 283 g/mol. The molecule has 0 aliphatic rings. The fourth-order valence-electron chi connectivity index (χ4n) is 1.36. The molecule has 98 valence electrons. The van der Waals surface area contributed by atoms with E-state index in [0.29, 0.717) is 6.20 Å². The molecule has 2 N–H and O–H groups in total. The molecule has 19 heavy (non-hydrogen) atoms. The SMILES string of the molecule is N#Cc1cc(N)n(-c2ncc(C(F)(F)F)cc2Cl)n1. The Balaban J connectivity index is 2.53. The van der Waals surface area contributed by atoms with Crippen molar-refractivity contribution in [1.29, 1.82) is 5.26 Å². The summed E-state index contributed by atoms with van der Waals surface area (Å²) in [5, 5.41) is 12.1. The summed E-state index contributed by atoms with van der Waals surface area (Å²) in [6.07, 6.45) is -3.92. The van der Waals surface area contributed by atoms with E-state index < -0.39 is 11.7 Å². The van der Waals surface area contributed by atoms with Crippen LogP contribution in [0.5, 0.6) is 0 Å². The van der Waals surface area contributed by atoms with Crippen molar-refractivity contribution in [2.24, 2.45) is 0 Å². The normalized spacial score (nSPS) is 11.3. The van der Waals surface area contributed by atoms with E-state index in [-0.39, 0.29) is 22.4 Å². The van der Waals surface area contributed by atoms with Crippen molar-refractivity contribution in [3.8, 4) is 11.9 Å². The van der Waals surface area contributed by atoms with E-state index in [0.717, 1.165) is 10.7 Å². The van der Waals surface area contributed by atoms with Crippen LogP contribution in [0, 0.1) is 11.3 Å². The van der Waals surface area contributed by atoms with E-state index in [1.807, 2.05) is 0 Å². The van der Waals surface area contributed by atoms with Crippen molar-refractivity contribution in [2.75, 3.05) is 5.73 Å². The van der Waals surface area contributed by atoms with Gasteiger partial charge in [0.05, 0.1) is 10.6 Å². The fourth-order valence-corrected chi connectivity index (χ4v) is 1.61. The Bertz CT molecular complexity index is 671. The average molecular weight is 288 g/mol. The van der Waals surface area contributed by atoms with Crippen molar-refractivity contribution in [1.82, 2.24) is 14.8 Å². The highest BCUT2D eigenvalue weighted by Gasteiger charge is 2.31. The van der Waals surface area contributed by atoms with Gasteiger partial charge in [-0.3, -0.25) is 0 Å². The predicted octanol–water partition coefficient (Wildman–Crippen LogP) is 2.39. The first kappa shape index (κ1) is 13.2. The van der Waals surface area contributed by atoms with E-state index in [9.17, 15) is 13.2 Å². The number of halogens is 4. The number of anilines is 1. The van der Waals surface area contributed by atoms with Crippen molar-refractivity contribution in [2.45, 2.75) is 6.18 Å². The highest BCUT2D eigenvalue weighted by molar-refractivity contribution is 6.32. The molecule has 2 rings (SSSR count). The van der Waals surface area contributed by atoms with E-state index in [4.69, 9.17) is 22.6 Å². The summed E-state index contributed by atoms with van der Waals surface area (Å²) in [7, 11) is 0. The molecule has 0 radical (unpaired) electrons. The van der Waals surface area contributed by atoms with E-state index in [2.05, 4.69) is 10.1 Å². The summed E-state index contributed by atoms with van der Waals surface area (Å²) in [6.45, 7) is 0.